The zero-order valence-electron chi connectivity index (χ0n) is 16.6. The summed E-state index contributed by atoms with van der Waals surface area (Å²) in [7, 11) is 0. The molecule has 2 N–H and O–H groups in total. The standard InChI is InChI=1S/C22H28N4OS/c1-3-13-26-14-7-8-18-15-17(11-12-20(18)26)16-23-25-22(28)24-19-9-5-6-10-21(19)27-4-2/h5-6,9-12,15-16H,3-4,7-8,13-14H2,1-2H3,(H2,24,25,28)/b23-16+. The van der Waals surface area contributed by atoms with Gasteiger partial charge in [-0.05, 0) is 73.8 Å². The highest BCUT2D eigenvalue weighted by atomic mass is 32.1. The van der Waals surface area contributed by atoms with Crippen molar-refractivity contribution in [1.82, 2.24) is 5.43 Å². The molecule has 0 radical (unpaired) electrons. The third-order valence-electron chi connectivity index (χ3n) is 4.63. The summed E-state index contributed by atoms with van der Waals surface area (Å²) in [6.45, 7) is 7.05. The van der Waals surface area contributed by atoms with Crippen LogP contribution in [0, 0.1) is 0 Å². The number of nitrogens with zero attached hydrogens (tertiary/aromatic N) is 2. The maximum atomic E-state index is 5.60. The molecule has 0 aliphatic carbocycles. The summed E-state index contributed by atoms with van der Waals surface area (Å²) in [5.41, 5.74) is 7.54. The van der Waals surface area contributed by atoms with Crippen LogP contribution in [0.4, 0.5) is 11.4 Å². The monoisotopic (exact) mass is 396 g/mol. The quantitative estimate of drug-likeness (QED) is 0.408. The van der Waals surface area contributed by atoms with Crippen molar-refractivity contribution in [1.29, 1.82) is 0 Å². The van der Waals surface area contributed by atoms with Crippen LogP contribution < -0.4 is 20.4 Å². The number of hydrazone groups is 1. The van der Waals surface area contributed by atoms with Gasteiger partial charge in [0.25, 0.3) is 0 Å². The first-order valence-corrected chi connectivity index (χ1v) is 10.3. The Morgan fingerprint density at radius 3 is 2.93 bits per heavy atom. The molecule has 2 aromatic carbocycles. The van der Waals surface area contributed by atoms with Crippen molar-refractivity contribution in [3.8, 4) is 5.75 Å². The molecule has 1 heterocycles. The number of hydrogen-bond acceptors (Lipinski definition) is 4. The van der Waals surface area contributed by atoms with Crippen LogP contribution in [0.3, 0.4) is 0 Å². The van der Waals surface area contributed by atoms with Crippen LogP contribution in [-0.2, 0) is 6.42 Å². The number of hydrogen-bond donors (Lipinski definition) is 2. The molecule has 6 heteroatoms. The number of nitrogens with one attached hydrogen (secondary N) is 2. The van der Waals surface area contributed by atoms with Gasteiger partial charge in [-0.15, -0.1) is 0 Å². The highest BCUT2D eigenvalue weighted by Crippen LogP contribution is 2.28. The van der Waals surface area contributed by atoms with Crippen molar-refractivity contribution in [3.05, 3.63) is 53.6 Å². The van der Waals surface area contributed by atoms with Crippen LogP contribution in [0.15, 0.2) is 47.6 Å². The Kier molecular flexibility index (Phi) is 7.25. The van der Waals surface area contributed by atoms with Crippen molar-refractivity contribution in [2.45, 2.75) is 33.1 Å². The largest absolute Gasteiger partial charge is 0.492 e. The second-order valence-electron chi connectivity index (χ2n) is 6.73. The molecule has 0 aromatic heterocycles. The van der Waals surface area contributed by atoms with E-state index in [0.717, 1.165) is 36.5 Å². The molecule has 148 valence electrons. The predicted molar refractivity (Wildman–Crippen MR) is 122 cm³/mol. The van der Waals surface area contributed by atoms with E-state index in [1.807, 2.05) is 37.4 Å². The summed E-state index contributed by atoms with van der Waals surface area (Å²) in [6, 6.07) is 14.2. The minimum absolute atomic E-state index is 0.426. The topological polar surface area (TPSA) is 48.9 Å². The van der Waals surface area contributed by atoms with Crippen LogP contribution in [-0.4, -0.2) is 31.0 Å². The zero-order valence-corrected chi connectivity index (χ0v) is 17.4. The third kappa shape index (κ3) is 5.23. The van der Waals surface area contributed by atoms with Gasteiger partial charge in [0.2, 0.25) is 0 Å². The summed E-state index contributed by atoms with van der Waals surface area (Å²) < 4.78 is 5.60. The number of benzene rings is 2. The molecule has 0 saturated heterocycles. The fraction of sp³-hybridized carbons (Fsp3) is 0.364. The maximum Gasteiger partial charge on any atom is 0.191 e. The first-order valence-electron chi connectivity index (χ1n) is 9.91. The SMILES string of the molecule is CCCN1CCCc2cc(/C=N/NC(=S)Nc3ccccc3OCC)ccc21. The summed E-state index contributed by atoms with van der Waals surface area (Å²) in [6.07, 6.45) is 5.31. The summed E-state index contributed by atoms with van der Waals surface area (Å²) in [5, 5.41) is 7.84. The molecular formula is C22H28N4OS. The van der Waals surface area contributed by atoms with E-state index in [2.05, 4.69) is 45.9 Å². The van der Waals surface area contributed by atoms with Crippen LogP contribution in [0.2, 0.25) is 0 Å². The average Bonchev–Trinajstić information content (AvgIpc) is 2.70. The fourth-order valence-electron chi connectivity index (χ4n) is 3.44. The van der Waals surface area contributed by atoms with Gasteiger partial charge in [-0.3, -0.25) is 5.43 Å². The Morgan fingerprint density at radius 2 is 2.11 bits per heavy atom. The normalized spacial score (nSPS) is 13.3. The van der Waals surface area contributed by atoms with Crippen molar-refractivity contribution in [2.75, 3.05) is 29.9 Å². The van der Waals surface area contributed by atoms with E-state index in [9.17, 15) is 0 Å². The van der Waals surface area contributed by atoms with Gasteiger partial charge in [-0.2, -0.15) is 5.10 Å². The maximum absolute atomic E-state index is 5.60. The van der Waals surface area contributed by atoms with Gasteiger partial charge in [0.1, 0.15) is 5.75 Å². The molecule has 3 rings (SSSR count). The van der Waals surface area contributed by atoms with E-state index in [-0.39, 0.29) is 0 Å². The molecule has 2 aromatic rings. The van der Waals surface area contributed by atoms with E-state index in [1.54, 1.807) is 0 Å². The van der Waals surface area contributed by atoms with E-state index in [1.165, 1.54) is 24.1 Å². The molecule has 0 unspecified atom stereocenters. The number of para-hydroxylation sites is 2. The lowest BCUT2D eigenvalue weighted by Crippen LogP contribution is -2.30. The minimum atomic E-state index is 0.426. The molecule has 5 nitrogen and oxygen atoms in total. The average molecular weight is 397 g/mol. The number of thiocarbonyl (C=S) groups is 1. The van der Waals surface area contributed by atoms with Gasteiger partial charge in [0.15, 0.2) is 5.11 Å². The van der Waals surface area contributed by atoms with Crippen molar-refractivity contribution >= 4 is 34.9 Å². The van der Waals surface area contributed by atoms with Crippen molar-refractivity contribution in [3.63, 3.8) is 0 Å². The van der Waals surface area contributed by atoms with E-state index in [0.29, 0.717) is 11.7 Å². The highest BCUT2D eigenvalue weighted by molar-refractivity contribution is 7.80. The van der Waals surface area contributed by atoms with E-state index >= 15 is 0 Å². The summed E-state index contributed by atoms with van der Waals surface area (Å²) in [4.78, 5) is 2.48. The Bertz CT molecular complexity index is 837. The number of rotatable bonds is 7. The summed E-state index contributed by atoms with van der Waals surface area (Å²) in [5.74, 6) is 0.768. The van der Waals surface area contributed by atoms with Gasteiger partial charge in [-0.25, -0.2) is 0 Å². The Labute approximate surface area is 172 Å². The molecular weight excluding hydrogens is 368 g/mol. The summed E-state index contributed by atoms with van der Waals surface area (Å²) >= 11 is 5.34. The zero-order chi connectivity index (χ0) is 19.8. The first-order chi connectivity index (χ1) is 13.7. The molecule has 0 spiro atoms. The number of fused-ring (bicyclic) bond motifs is 1. The second-order valence-corrected chi connectivity index (χ2v) is 7.14. The van der Waals surface area contributed by atoms with Crippen LogP contribution >= 0.6 is 12.2 Å². The van der Waals surface area contributed by atoms with Gasteiger partial charge in [0, 0.05) is 18.8 Å². The molecule has 0 fully saturated rings. The van der Waals surface area contributed by atoms with Gasteiger partial charge < -0.3 is 15.0 Å². The smallest absolute Gasteiger partial charge is 0.191 e. The van der Waals surface area contributed by atoms with Gasteiger partial charge >= 0.3 is 0 Å². The van der Waals surface area contributed by atoms with Crippen molar-refractivity contribution < 1.29 is 4.74 Å². The fourth-order valence-corrected chi connectivity index (χ4v) is 3.61. The Hall–Kier alpha value is -2.60. The first kappa shape index (κ1) is 20.1. The number of aryl methyl sites for hydroxylation is 1. The lowest BCUT2D eigenvalue weighted by atomic mass is 9.99. The van der Waals surface area contributed by atoms with E-state index in [4.69, 9.17) is 17.0 Å². The Balaban J connectivity index is 1.60. The predicted octanol–water partition coefficient (Wildman–Crippen LogP) is 4.57. The lowest BCUT2D eigenvalue weighted by molar-refractivity contribution is 0.342. The van der Waals surface area contributed by atoms with Crippen LogP contribution in [0.5, 0.6) is 5.75 Å². The molecule has 28 heavy (non-hydrogen) atoms. The highest BCUT2D eigenvalue weighted by Gasteiger charge is 2.15. The van der Waals surface area contributed by atoms with E-state index < -0.39 is 0 Å². The molecule has 0 bridgehead atoms. The molecule has 1 aliphatic heterocycles. The number of ether oxygens (including phenoxy) is 1. The molecule has 0 saturated carbocycles. The van der Waals surface area contributed by atoms with Gasteiger partial charge in [0.05, 0.1) is 18.5 Å². The minimum Gasteiger partial charge on any atom is -0.492 e. The second kappa shape index (κ2) is 10.1. The number of anilines is 2. The third-order valence-corrected chi connectivity index (χ3v) is 4.82. The van der Waals surface area contributed by atoms with Gasteiger partial charge in [-0.1, -0.05) is 25.1 Å². The molecule has 0 atom stereocenters. The molecule has 1 aliphatic rings. The lowest BCUT2D eigenvalue weighted by Gasteiger charge is -2.31. The van der Waals surface area contributed by atoms with Crippen LogP contribution in [0.1, 0.15) is 37.8 Å². The van der Waals surface area contributed by atoms with Crippen LogP contribution in [0.25, 0.3) is 0 Å². The van der Waals surface area contributed by atoms with Crippen molar-refractivity contribution in [2.24, 2.45) is 5.10 Å². The Morgan fingerprint density at radius 1 is 1.25 bits per heavy atom. The molecule has 0 amide bonds.